The van der Waals surface area contributed by atoms with Crippen molar-refractivity contribution in [1.29, 1.82) is 0 Å². The molecule has 3 nitrogen and oxygen atoms in total. The van der Waals surface area contributed by atoms with E-state index in [9.17, 15) is 0 Å². The summed E-state index contributed by atoms with van der Waals surface area (Å²) in [6.45, 7) is 0. The fourth-order valence-electron chi connectivity index (χ4n) is 1.19. The Morgan fingerprint density at radius 1 is 1.80 bits per heavy atom. The smallest absolute Gasteiger partial charge is 0.0671 e. The van der Waals surface area contributed by atoms with Gasteiger partial charge in [-0.15, -0.1) is 0 Å². The number of hydrogen-bond acceptors (Lipinski definition) is 2. The Labute approximate surface area is 59.8 Å². The van der Waals surface area contributed by atoms with Crippen LogP contribution in [-0.4, -0.2) is 15.8 Å². The van der Waals surface area contributed by atoms with Crippen LogP contribution in [0, 0.1) is 0 Å². The summed E-state index contributed by atoms with van der Waals surface area (Å²) in [5.41, 5.74) is 6.81. The third-order valence-electron chi connectivity index (χ3n) is 1.95. The lowest BCUT2D eigenvalue weighted by molar-refractivity contribution is 0.740. The second-order valence-corrected chi connectivity index (χ2v) is 2.92. The first-order valence-electron chi connectivity index (χ1n) is 3.52. The maximum absolute atomic E-state index is 5.66. The Bertz CT molecular complexity index is 241. The van der Waals surface area contributed by atoms with E-state index in [1.807, 2.05) is 24.0 Å². The number of nitrogens with two attached hydrogens (primary N) is 1. The van der Waals surface area contributed by atoms with Gasteiger partial charge < -0.3 is 5.73 Å². The lowest BCUT2D eigenvalue weighted by atomic mass is 10.3. The second-order valence-electron chi connectivity index (χ2n) is 2.92. The lowest BCUT2D eigenvalue weighted by Gasteiger charge is -1.88. The van der Waals surface area contributed by atoms with Crippen LogP contribution >= 0.6 is 0 Å². The van der Waals surface area contributed by atoms with Crippen LogP contribution in [0.3, 0.4) is 0 Å². The molecular weight excluding hydrogens is 126 g/mol. The highest BCUT2D eigenvalue weighted by atomic mass is 15.3. The minimum atomic E-state index is 0.370. The van der Waals surface area contributed by atoms with E-state index in [1.165, 1.54) is 0 Å². The van der Waals surface area contributed by atoms with Crippen LogP contribution in [0.1, 0.15) is 18.0 Å². The van der Waals surface area contributed by atoms with Crippen LogP contribution in [0.25, 0.3) is 0 Å². The molecular formula is C7H11N3. The molecule has 0 aliphatic heterocycles. The molecule has 1 heterocycles. The number of nitrogens with zero attached hydrogens (tertiary/aromatic N) is 2. The average Bonchev–Trinajstić information content (AvgIpc) is 2.42. The largest absolute Gasteiger partial charge is 0.327 e. The SMILES string of the molecule is Cn1ccc(C2CC2N)n1. The van der Waals surface area contributed by atoms with Crippen molar-refractivity contribution in [1.82, 2.24) is 9.78 Å². The molecule has 1 aromatic heterocycles. The summed E-state index contributed by atoms with van der Waals surface area (Å²) >= 11 is 0. The monoisotopic (exact) mass is 137 g/mol. The summed E-state index contributed by atoms with van der Waals surface area (Å²) in [6, 6.07) is 2.41. The third kappa shape index (κ3) is 0.827. The molecule has 1 fully saturated rings. The topological polar surface area (TPSA) is 43.8 Å². The molecule has 0 amide bonds. The van der Waals surface area contributed by atoms with Crippen LogP contribution < -0.4 is 5.73 Å². The van der Waals surface area contributed by atoms with E-state index >= 15 is 0 Å². The van der Waals surface area contributed by atoms with Crippen molar-refractivity contribution in [3.63, 3.8) is 0 Å². The molecule has 0 bridgehead atoms. The van der Waals surface area contributed by atoms with Gasteiger partial charge in [0.05, 0.1) is 5.69 Å². The first-order valence-corrected chi connectivity index (χ1v) is 3.52. The number of hydrogen-bond donors (Lipinski definition) is 1. The zero-order valence-electron chi connectivity index (χ0n) is 5.99. The molecule has 0 aromatic carbocycles. The van der Waals surface area contributed by atoms with E-state index in [0.717, 1.165) is 12.1 Å². The molecule has 1 aromatic rings. The van der Waals surface area contributed by atoms with Crippen molar-refractivity contribution in [3.8, 4) is 0 Å². The molecule has 3 heteroatoms. The zero-order chi connectivity index (χ0) is 7.14. The van der Waals surface area contributed by atoms with Crippen molar-refractivity contribution in [2.75, 3.05) is 0 Å². The second kappa shape index (κ2) is 1.83. The van der Waals surface area contributed by atoms with Gasteiger partial charge in [0, 0.05) is 25.2 Å². The summed E-state index contributed by atoms with van der Waals surface area (Å²) in [7, 11) is 1.93. The predicted molar refractivity (Wildman–Crippen MR) is 38.5 cm³/mol. The Balaban J connectivity index is 2.20. The fourth-order valence-corrected chi connectivity index (χ4v) is 1.19. The average molecular weight is 137 g/mol. The Kier molecular flexibility index (Phi) is 1.08. The summed E-state index contributed by atoms with van der Waals surface area (Å²) in [5.74, 6) is 0.543. The van der Waals surface area contributed by atoms with E-state index in [0.29, 0.717) is 12.0 Å². The highest BCUT2D eigenvalue weighted by molar-refractivity contribution is 5.18. The normalized spacial score (nSPS) is 30.6. The van der Waals surface area contributed by atoms with Crippen molar-refractivity contribution in [3.05, 3.63) is 18.0 Å². The quantitative estimate of drug-likeness (QED) is 0.602. The molecule has 2 rings (SSSR count). The number of aromatic nitrogens is 2. The summed E-state index contributed by atoms with van der Waals surface area (Å²) in [6.07, 6.45) is 3.07. The molecule has 0 saturated heterocycles. The highest BCUT2D eigenvalue weighted by Gasteiger charge is 2.36. The van der Waals surface area contributed by atoms with Crippen molar-refractivity contribution in [2.45, 2.75) is 18.4 Å². The van der Waals surface area contributed by atoms with Gasteiger partial charge in [0.15, 0.2) is 0 Å². The van der Waals surface area contributed by atoms with Gasteiger partial charge in [-0.1, -0.05) is 0 Å². The lowest BCUT2D eigenvalue weighted by Crippen LogP contribution is -2.01. The maximum atomic E-state index is 5.66. The van der Waals surface area contributed by atoms with E-state index in [-0.39, 0.29) is 0 Å². The summed E-state index contributed by atoms with van der Waals surface area (Å²) in [4.78, 5) is 0. The minimum absolute atomic E-state index is 0.370. The van der Waals surface area contributed by atoms with Gasteiger partial charge >= 0.3 is 0 Å². The summed E-state index contributed by atoms with van der Waals surface area (Å²) in [5, 5.41) is 4.26. The molecule has 0 radical (unpaired) electrons. The van der Waals surface area contributed by atoms with E-state index < -0.39 is 0 Å². The minimum Gasteiger partial charge on any atom is -0.327 e. The first-order chi connectivity index (χ1) is 4.77. The molecule has 2 unspecified atom stereocenters. The highest BCUT2D eigenvalue weighted by Crippen LogP contribution is 2.37. The van der Waals surface area contributed by atoms with Gasteiger partial charge in [-0.25, -0.2) is 0 Å². The molecule has 10 heavy (non-hydrogen) atoms. The maximum Gasteiger partial charge on any atom is 0.0671 e. The zero-order valence-corrected chi connectivity index (χ0v) is 5.99. The van der Waals surface area contributed by atoms with Gasteiger partial charge in [0.25, 0.3) is 0 Å². The van der Waals surface area contributed by atoms with Crippen LogP contribution in [0.2, 0.25) is 0 Å². The van der Waals surface area contributed by atoms with Crippen LogP contribution in [0.4, 0.5) is 0 Å². The molecule has 1 saturated carbocycles. The van der Waals surface area contributed by atoms with Gasteiger partial charge in [-0.05, 0) is 12.5 Å². The Morgan fingerprint density at radius 2 is 2.50 bits per heavy atom. The van der Waals surface area contributed by atoms with Gasteiger partial charge in [0.1, 0.15) is 0 Å². The molecule has 2 N–H and O–H groups in total. The van der Waals surface area contributed by atoms with Crippen molar-refractivity contribution < 1.29 is 0 Å². The van der Waals surface area contributed by atoms with Crippen LogP contribution in [0.5, 0.6) is 0 Å². The van der Waals surface area contributed by atoms with E-state index in [2.05, 4.69) is 5.10 Å². The molecule has 54 valence electrons. The van der Waals surface area contributed by atoms with Crippen LogP contribution in [0.15, 0.2) is 12.3 Å². The van der Waals surface area contributed by atoms with Gasteiger partial charge in [-0.3, -0.25) is 4.68 Å². The third-order valence-corrected chi connectivity index (χ3v) is 1.95. The molecule has 1 aliphatic rings. The summed E-state index contributed by atoms with van der Waals surface area (Å²) < 4.78 is 1.82. The van der Waals surface area contributed by atoms with Gasteiger partial charge in [0.2, 0.25) is 0 Å². The molecule has 1 aliphatic carbocycles. The Morgan fingerprint density at radius 3 is 2.90 bits per heavy atom. The number of rotatable bonds is 1. The van der Waals surface area contributed by atoms with Gasteiger partial charge in [-0.2, -0.15) is 5.10 Å². The predicted octanol–water partition coefficient (Wildman–Crippen LogP) is 0.235. The fraction of sp³-hybridized carbons (Fsp3) is 0.571. The van der Waals surface area contributed by atoms with Crippen LogP contribution in [-0.2, 0) is 7.05 Å². The molecule has 2 atom stereocenters. The molecule has 0 spiro atoms. The number of aryl methyl sites for hydroxylation is 1. The van der Waals surface area contributed by atoms with E-state index in [1.54, 1.807) is 0 Å². The van der Waals surface area contributed by atoms with Crippen molar-refractivity contribution in [2.24, 2.45) is 12.8 Å². The first kappa shape index (κ1) is 5.92. The van der Waals surface area contributed by atoms with E-state index in [4.69, 9.17) is 5.73 Å². The standard InChI is InChI=1S/C7H11N3/c1-10-3-2-7(9-10)5-4-6(5)8/h2-3,5-6H,4,8H2,1H3. The Hall–Kier alpha value is -0.830. The van der Waals surface area contributed by atoms with Crippen molar-refractivity contribution >= 4 is 0 Å².